The summed E-state index contributed by atoms with van der Waals surface area (Å²) >= 11 is 1.84. The molecule has 0 amide bonds. The predicted octanol–water partition coefficient (Wildman–Crippen LogP) is 4.36. The Labute approximate surface area is 122 Å². The van der Waals surface area contributed by atoms with Crippen molar-refractivity contribution in [1.29, 1.82) is 0 Å². The second-order valence-corrected chi connectivity index (χ2v) is 6.15. The summed E-state index contributed by atoms with van der Waals surface area (Å²) in [5.74, 6) is 1.66. The van der Waals surface area contributed by atoms with Gasteiger partial charge in [-0.3, -0.25) is 0 Å². The number of aromatic nitrogens is 1. The molecule has 0 spiro atoms. The molecule has 1 N–H and O–H groups in total. The van der Waals surface area contributed by atoms with Gasteiger partial charge in [0, 0.05) is 15.6 Å². The Morgan fingerprint density at radius 2 is 2.10 bits per heavy atom. The molecule has 2 heterocycles. The quantitative estimate of drug-likeness (QED) is 0.774. The van der Waals surface area contributed by atoms with Crippen LogP contribution in [0.4, 0.5) is 0 Å². The van der Waals surface area contributed by atoms with Gasteiger partial charge in [-0.05, 0) is 38.3 Å². The molecule has 0 saturated heterocycles. The highest BCUT2D eigenvalue weighted by molar-refractivity contribution is 7.19. The minimum atomic E-state index is 0.292. The zero-order valence-electron chi connectivity index (χ0n) is 11.9. The van der Waals surface area contributed by atoms with Crippen molar-refractivity contribution >= 4 is 21.4 Å². The van der Waals surface area contributed by atoms with E-state index < -0.39 is 0 Å². The maximum absolute atomic E-state index is 5.59. The number of hydrogen-bond acceptors (Lipinski definition) is 4. The number of fused-ring (bicyclic) bond motifs is 1. The van der Waals surface area contributed by atoms with Crippen molar-refractivity contribution in [2.45, 2.75) is 33.4 Å². The van der Waals surface area contributed by atoms with Crippen LogP contribution in [0.1, 0.15) is 35.2 Å². The largest absolute Gasteiger partial charge is 0.444 e. The van der Waals surface area contributed by atoms with E-state index in [0.29, 0.717) is 12.6 Å². The summed E-state index contributed by atoms with van der Waals surface area (Å²) in [6.07, 6.45) is 0. The van der Waals surface area contributed by atoms with Crippen LogP contribution in [-0.4, -0.2) is 4.98 Å². The Morgan fingerprint density at radius 1 is 1.30 bits per heavy atom. The Hall–Kier alpha value is -1.65. The third-order valence-corrected chi connectivity index (χ3v) is 4.80. The third-order valence-electron chi connectivity index (χ3n) is 3.50. The van der Waals surface area contributed by atoms with E-state index in [0.717, 1.165) is 17.3 Å². The normalized spacial score (nSPS) is 12.9. The van der Waals surface area contributed by atoms with Crippen molar-refractivity contribution in [2.24, 2.45) is 0 Å². The van der Waals surface area contributed by atoms with E-state index in [1.165, 1.54) is 15.0 Å². The highest BCUT2D eigenvalue weighted by Gasteiger charge is 2.11. The number of nitrogens with zero attached hydrogens (tertiary/aromatic N) is 1. The van der Waals surface area contributed by atoms with E-state index in [1.807, 2.05) is 25.2 Å². The Bertz CT molecular complexity index is 676. The molecule has 1 unspecified atom stereocenters. The van der Waals surface area contributed by atoms with E-state index in [1.54, 1.807) is 0 Å². The topological polar surface area (TPSA) is 38.1 Å². The minimum absolute atomic E-state index is 0.292. The van der Waals surface area contributed by atoms with Crippen LogP contribution in [0.15, 0.2) is 34.7 Å². The van der Waals surface area contributed by atoms with Crippen LogP contribution in [-0.2, 0) is 6.54 Å². The highest BCUT2D eigenvalue weighted by Crippen LogP contribution is 2.29. The van der Waals surface area contributed by atoms with Crippen molar-refractivity contribution in [3.8, 4) is 0 Å². The molecule has 1 atom stereocenters. The van der Waals surface area contributed by atoms with E-state index in [4.69, 9.17) is 4.42 Å². The lowest BCUT2D eigenvalue weighted by Gasteiger charge is -2.09. The molecule has 0 aliphatic carbocycles. The fraction of sp³-hybridized carbons (Fsp3) is 0.312. The van der Waals surface area contributed by atoms with E-state index in [-0.39, 0.29) is 0 Å². The number of thiophene rings is 1. The van der Waals surface area contributed by atoms with Crippen LogP contribution >= 0.6 is 11.3 Å². The van der Waals surface area contributed by atoms with Crippen molar-refractivity contribution in [2.75, 3.05) is 0 Å². The monoisotopic (exact) mass is 286 g/mol. The van der Waals surface area contributed by atoms with Gasteiger partial charge in [0.15, 0.2) is 0 Å². The molecule has 2 aromatic heterocycles. The molecule has 0 saturated carbocycles. The Morgan fingerprint density at radius 3 is 2.80 bits per heavy atom. The van der Waals surface area contributed by atoms with Gasteiger partial charge < -0.3 is 9.73 Å². The number of hydrogen-bond donors (Lipinski definition) is 1. The zero-order valence-corrected chi connectivity index (χ0v) is 12.8. The molecular formula is C16H18N2OS. The first-order valence-electron chi connectivity index (χ1n) is 6.78. The average Bonchev–Trinajstić information content (AvgIpc) is 3.00. The summed E-state index contributed by atoms with van der Waals surface area (Å²) in [7, 11) is 0. The molecule has 3 nitrogen and oxygen atoms in total. The highest BCUT2D eigenvalue weighted by atomic mass is 32.1. The summed E-state index contributed by atoms with van der Waals surface area (Å²) in [5.41, 5.74) is 0.969. The first kappa shape index (κ1) is 13.3. The zero-order chi connectivity index (χ0) is 14.1. The van der Waals surface area contributed by atoms with Crippen molar-refractivity contribution < 1.29 is 4.42 Å². The van der Waals surface area contributed by atoms with Gasteiger partial charge in [0.2, 0.25) is 5.89 Å². The van der Waals surface area contributed by atoms with E-state index in [9.17, 15) is 0 Å². The maximum atomic E-state index is 5.59. The van der Waals surface area contributed by atoms with Gasteiger partial charge in [0.05, 0.1) is 12.2 Å². The standard InChI is InChI=1S/C16H18N2OS/c1-10-12(3)19-16(18-10)9-17-11(2)15-8-13-6-4-5-7-14(13)20-15/h4-8,11,17H,9H2,1-3H3. The van der Waals surface area contributed by atoms with Crippen molar-refractivity contribution in [3.05, 3.63) is 52.6 Å². The summed E-state index contributed by atoms with van der Waals surface area (Å²) in [6, 6.07) is 11.0. The Balaban J connectivity index is 1.70. The summed E-state index contributed by atoms with van der Waals surface area (Å²) < 4.78 is 6.92. The predicted molar refractivity (Wildman–Crippen MR) is 83.1 cm³/mol. The lowest BCUT2D eigenvalue weighted by molar-refractivity contribution is 0.433. The SMILES string of the molecule is Cc1nc(CNC(C)c2cc3ccccc3s2)oc1C. The fourth-order valence-corrected chi connectivity index (χ4v) is 3.26. The smallest absolute Gasteiger partial charge is 0.208 e. The molecule has 0 fully saturated rings. The second kappa shape index (κ2) is 5.38. The Kier molecular flexibility index (Phi) is 3.59. The van der Waals surface area contributed by atoms with Crippen LogP contribution in [0.2, 0.25) is 0 Å². The molecule has 3 aromatic rings. The number of rotatable bonds is 4. The second-order valence-electron chi connectivity index (χ2n) is 5.04. The van der Waals surface area contributed by atoms with Crippen LogP contribution in [0.3, 0.4) is 0 Å². The molecule has 20 heavy (non-hydrogen) atoms. The van der Waals surface area contributed by atoms with E-state index in [2.05, 4.69) is 47.6 Å². The minimum Gasteiger partial charge on any atom is -0.444 e. The van der Waals surface area contributed by atoms with Gasteiger partial charge in [0.25, 0.3) is 0 Å². The van der Waals surface area contributed by atoms with Gasteiger partial charge in [-0.15, -0.1) is 11.3 Å². The molecule has 3 rings (SSSR count). The molecule has 0 aliphatic heterocycles. The van der Waals surface area contributed by atoms with Crippen molar-refractivity contribution in [3.63, 3.8) is 0 Å². The fourth-order valence-electron chi connectivity index (χ4n) is 2.17. The average molecular weight is 286 g/mol. The molecule has 0 aliphatic rings. The first-order chi connectivity index (χ1) is 9.63. The van der Waals surface area contributed by atoms with Crippen LogP contribution in [0, 0.1) is 13.8 Å². The third kappa shape index (κ3) is 2.62. The van der Waals surface area contributed by atoms with E-state index >= 15 is 0 Å². The number of benzene rings is 1. The first-order valence-corrected chi connectivity index (χ1v) is 7.60. The lowest BCUT2D eigenvalue weighted by atomic mass is 10.2. The van der Waals surface area contributed by atoms with Crippen LogP contribution < -0.4 is 5.32 Å². The summed E-state index contributed by atoms with van der Waals surface area (Å²) in [6.45, 7) is 6.75. The molecule has 4 heteroatoms. The van der Waals surface area contributed by atoms with Crippen LogP contribution in [0.25, 0.3) is 10.1 Å². The number of nitrogens with one attached hydrogen (secondary N) is 1. The maximum Gasteiger partial charge on any atom is 0.208 e. The molecular weight excluding hydrogens is 268 g/mol. The number of aryl methyl sites for hydroxylation is 2. The van der Waals surface area contributed by atoms with Gasteiger partial charge in [-0.2, -0.15) is 0 Å². The molecule has 104 valence electrons. The number of oxazole rings is 1. The van der Waals surface area contributed by atoms with Gasteiger partial charge in [-0.1, -0.05) is 18.2 Å². The van der Waals surface area contributed by atoms with Gasteiger partial charge >= 0.3 is 0 Å². The molecule has 0 radical (unpaired) electrons. The summed E-state index contributed by atoms with van der Waals surface area (Å²) in [5, 5.41) is 4.78. The molecule has 0 bridgehead atoms. The van der Waals surface area contributed by atoms with Crippen LogP contribution in [0.5, 0.6) is 0 Å². The van der Waals surface area contributed by atoms with Gasteiger partial charge in [-0.25, -0.2) is 4.98 Å². The molecule has 1 aromatic carbocycles. The van der Waals surface area contributed by atoms with Gasteiger partial charge in [0.1, 0.15) is 5.76 Å². The van der Waals surface area contributed by atoms with Crippen molar-refractivity contribution in [1.82, 2.24) is 10.3 Å². The summed E-state index contributed by atoms with van der Waals surface area (Å²) in [4.78, 5) is 5.73. The lowest BCUT2D eigenvalue weighted by Crippen LogP contribution is -2.17.